The Balaban J connectivity index is 2.07. The van der Waals surface area contributed by atoms with Crippen LogP contribution in [0.25, 0.3) is 0 Å². The molecule has 0 radical (unpaired) electrons. The number of carbonyl (C=O) groups excluding carboxylic acids is 1. The molecule has 0 heterocycles. The van der Waals surface area contributed by atoms with Gasteiger partial charge < -0.3 is 15.2 Å². The number of anilines is 1. The minimum absolute atomic E-state index is 0.0375. The summed E-state index contributed by atoms with van der Waals surface area (Å²) in [5.74, 6) is -1.63. The summed E-state index contributed by atoms with van der Waals surface area (Å²) in [5, 5.41) is 25.1. The zero-order chi connectivity index (χ0) is 20.0. The van der Waals surface area contributed by atoms with E-state index in [4.69, 9.17) is 22.1 Å². The molecular weight excluding hydrogens is 374 g/mol. The molecule has 2 aromatic rings. The Morgan fingerprint density at radius 2 is 1.81 bits per heavy atom. The van der Waals surface area contributed by atoms with Crippen molar-refractivity contribution in [1.29, 1.82) is 0 Å². The summed E-state index contributed by atoms with van der Waals surface area (Å²) in [7, 11) is 0. The molecule has 0 aliphatic rings. The van der Waals surface area contributed by atoms with Gasteiger partial charge in [-0.05, 0) is 55.5 Å². The van der Waals surface area contributed by atoms with Gasteiger partial charge in [-0.3, -0.25) is 20.2 Å². The summed E-state index contributed by atoms with van der Waals surface area (Å²) in [6, 6.07) is 9.57. The highest BCUT2D eigenvalue weighted by Crippen LogP contribution is 2.27. The highest BCUT2D eigenvalue weighted by molar-refractivity contribution is 7.80. The molecule has 0 fully saturated rings. The lowest BCUT2D eigenvalue weighted by atomic mass is 10.1. The normalized spacial score (nSPS) is 9.96. The highest BCUT2D eigenvalue weighted by Gasteiger charge is 2.19. The van der Waals surface area contributed by atoms with Gasteiger partial charge in [0.15, 0.2) is 10.9 Å². The van der Waals surface area contributed by atoms with E-state index < -0.39 is 16.8 Å². The van der Waals surface area contributed by atoms with Crippen LogP contribution >= 0.6 is 12.2 Å². The molecule has 2 aromatic carbocycles. The Hall–Kier alpha value is -3.53. The van der Waals surface area contributed by atoms with Crippen LogP contribution in [0.15, 0.2) is 42.5 Å². The molecule has 27 heavy (non-hydrogen) atoms. The molecule has 0 saturated heterocycles. The third-order valence-electron chi connectivity index (χ3n) is 3.33. The number of carboxylic acids is 1. The maximum Gasteiger partial charge on any atom is 0.335 e. The van der Waals surface area contributed by atoms with E-state index in [-0.39, 0.29) is 34.3 Å². The second-order valence-corrected chi connectivity index (χ2v) is 5.57. The average Bonchev–Trinajstić information content (AvgIpc) is 2.62. The van der Waals surface area contributed by atoms with Gasteiger partial charge in [0.1, 0.15) is 0 Å². The number of hydrogen-bond acceptors (Lipinski definition) is 6. The summed E-state index contributed by atoms with van der Waals surface area (Å²) in [5.41, 5.74) is 0.295. The SMILES string of the molecule is CCOc1ccc(C(=O)NC(=S)Nc2ccc(C(=O)O)cc2)cc1[N+](=O)[O-]. The lowest BCUT2D eigenvalue weighted by molar-refractivity contribution is -0.385. The van der Waals surface area contributed by atoms with E-state index in [1.165, 1.54) is 36.4 Å². The molecule has 2 rings (SSSR count). The average molecular weight is 389 g/mol. The number of ether oxygens (including phenoxy) is 1. The highest BCUT2D eigenvalue weighted by atomic mass is 32.1. The van der Waals surface area contributed by atoms with Crippen molar-refractivity contribution in [3.05, 3.63) is 63.7 Å². The first-order valence-corrected chi connectivity index (χ1v) is 8.09. The molecule has 3 N–H and O–H groups in total. The number of nitro groups is 1. The van der Waals surface area contributed by atoms with Crippen molar-refractivity contribution in [1.82, 2.24) is 5.32 Å². The van der Waals surface area contributed by atoms with Crippen LogP contribution in [0.1, 0.15) is 27.6 Å². The Labute approximate surface area is 159 Å². The van der Waals surface area contributed by atoms with Crippen molar-refractivity contribution in [2.45, 2.75) is 6.92 Å². The summed E-state index contributed by atoms with van der Waals surface area (Å²) in [6.45, 7) is 1.94. The number of carboxylic acid groups (broad SMARTS) is 1. The molecule has 0 aliphatic heterocycles. The molecule has 0 unspecified atom stereocenters. The lowest BCUT2D eigenvalue weighted by Crippen LogP contribution is -2.34. The monoisotopic (exact) mass is 389 g/mol. The van der Waals surface area contributed by atoms with E-state index in [1.54, 1.807) is 6.92 Å². The van der Waals surface area contributed by atoms with Crippen LogP contribution in [0.5, 0.6) is 5.75 Å². The van der Waals surface area contributed by atoms with Crippen molar-refractivity contribution in [2.75, 3.05) is 11.9 Å². The number of aromatic carboxylic acids is 1. The quantitative estimate of drug-likeness (QED) is 0.390. The molecule has 0 atom stereocenters. The van der Waals surface area contributed by atoms with E-state index in [0.717, 1.165) is 6.07 Å². The van der Waals surface area contributed by atoms with Crippen LogP contribution in [-0.2, 0) is 0 Å². The van der Waals surface area contributed by atoms with Crippen LogP contribution in [0, 0.1) is 10.1 Å². The van der Waals surface area contributed by atoms with E-state index in [9.17, 15) is 19.7 Å². The molecule has 0 bridgehead atoms. The first-order chi connectivity index (χ1) is 12.8. The molecule has 140 valence electrons. The standard InChI is InChI=1S/C17H15N3O6S/c1-2-26-14-8-5-11(9-13(14)20(24)25)15(21)19-17(27)18-12-6-3-10(4-7-12)16(22)23/h3-9H,2H2,1H3,(H,22,23)(H2,18,19,21,27). The van der Waals surface area contributed by atoms with Crippen molar-refractivity contribution in [3.63, 3.8) is 0 Å². The summed E-state index contributed by atoms with van der Waals surface area (Å²) < 4.78 is 5.17. The van der Waals surface area contributed by atoms with Crippen LogP contribution in [0.4, 0.5) is 11.4 Å². The lowest BCUT2D eigenvalue weighted by Gasteiger charge is -2.10. The van der Waals surface area contributed by atoms with Crippen LogP contribution in [0.2, 0.25) is 0 Å². The first-order valence-electron chi connectivity index (χ1n) is 7.68. The maximum absolute atomic E-state index is 12.3. The van der Waals surface area contributed by atoms with Crippen LogP contribution in [-0.4, -0.2) is 33.6 Å². The zero-order valence-corrected chi connectivity index (χ0v) is 14.9. The van der Waals surface area contributed by atoms with Gasteiger partial charge in [0.05, 0.1) is 17.1 Å². The number of thiocarbonyl (C=S) groups is 1. The smallest absolute Gasteiger partial charge is 0.335 e. The third-order valence-corrected chi connectivity index (χ3v) is 3.54. The van der Waals surface area contributed by atoms with Gasteiger partial charge in [0.25, 0.3) is 5.91 Å². The molecule has 0 saturated carbocycles. The number of nitro benzene ring substituents is 1. The van der Waals surface area contributed by atoms with E-state index in [0.29, 0.717) is 5.69 Å². The summed E-state index contributed by atoms with van der Waals surface area (Å²) in [6.07, 6.45) is 0. The van der Waals surface area contributed by atoms with Crippen molar-refractivity contribution < 1.29 is 24.4 Å². The fourth-order valence-electron chi connectivity index (χ4n) is 2.11. The van der Waals surface area contributed by atoms with E-state index in [2.05, 4.69) is 10.6 Å². The molecule has 1 amide bonds. The molecule has 0 spiro atoms. The fourth-order valence-corrected chi connectivity index (χ4v) is 2.32. The van der Waals surface area contributed by atoms with Gasteiger partial charge in [-0.1, -0.05) is 0 Å². The maximum atomic E-state index is 12.3. The number of benzene rings is 2. The predicted octanol–water partition coefficient (Wildman–Crippen LogP) is 2.82. The molecule has 9 nitrogen and oxygen atoms in total. The van der Waals surface area contributed by atoms with E-state index >= 15 is 0 Å². The predicted molar refractivity (Wildman–Crippen MR) is 101 cm³/mol. The molecule has 10 heteroatoms. The van der Waals surface area contributed by atoms with Gasteiger partial charge in [0, 0.05) is 17.3 Å². The van der Waals surface area contributed by atoms with Crippen LogP contribution in [0.3, 0.4) is 0 Å². The van der Waals surface area contributed by atoms with Gasteiger partial charge in [-0.15, -0.1) is 0 Å². The number of nitrogens with zero attached hydrogens (tertiary/aromatic N) is 1. The Morgan fingerprint density at radius 1 is 1.19 bits per heavy atom. The Bertz CT molecular complexity index is 898. The number of nitrogens with one attached hydrogen (secondary N) is 2. The second-order valence-electron chi connectivity index (χ2n) is 5.16. The Kier molecular flexibility index (Phi) is 6.39. The third kappa shape index (κ3) is 5.22. The number of rotatable bonds is 6. The molecule has 0 aliphatic carbocycles. The fraction of sp³-hybridized carbons (Fsp3) is 0.118. The van der Waals surface area contributed by atoms with E-state index in [1.807, 2.05) is 0 Å². The van der Waals surface area contributed by atoms with Gasteiger partial charge in [-0.2, -0.15) is 0 Å². The second kappa shape index (κ2) is 8.72. The summed E-state index contributed by atoms with van der Waals surface area (Å²) in [4.78, 5) is 33.6. The summed E-state index contributed by atoms with van der Waals surface area (Å²) >= 11 is 5.03. The number of carbonyl (C=O) groups is 2. The van der Waals surface area contributed by atoms with Crippen molar-refractivity contribution in [2.24, 2.45) is 0 Å². The molecular formula is C17H15N3O6S. The molecule has 0 aromatic heterocycles. The minimum atomic E-state index is -1.06. The number of amides is 1. The minimum Gasteiger partial charge on any atom is -0.487 e. The van der Waals surface area contributed by atoms with Gasteiger partial charge >= 0.3 is 11.7 Å². The largest absolute Gasteiger partial charge is 0.487 e. The van der Waals surface area contributed by atoms with Gasteiger partial charge in [0.2, 0.25) is 0 Å². The van der Waals surface area contributed by atoms with Crippen molar-refractivity contribution >= 4 is 40.6 Å². The van der Waals surface area contributed by atoms with Gasteiger partial charge in [-0.25, -0.2) is 4.79 Å². The Morgan fingerprint density at radius 3 is 2.37 bits per heavy atom. The topological polar surface area (TPSA) is 131 Å². The van der Waals surface area contributed by atoms with Crippen molar-refractivity contribution in [3.8, 4) is 5.75 Å². The first kappa shape index (κ1) is 19.8. The number of hydrogen-bond donors (Lipinski definition) is 3. The van der Waals surface area contributed by atoms with Crippen LogP contribution < -0.4 is 15.4 Å². The zero-order valence-electron chi connectivity index (χ0n) is 14.1.